The summed E-state index contributed by atoms with van der Waals surface area (Å²) in [6.07, 6.45) is 1.97. The molecule has 0 amide bonds. The van der Waals surface area contributed by atoms with Crippen LogP contribution in [0.3, 0.4) is 0 Å². The molecule has 0 radical (unpaired) electrons. The van der Waals surface area contributed by atoms with Gasteiger partial charge in [-0.1, -0.05) is 43.3 Å². The van der Waals surface area contributed by atoms with Crippen molar-refractivity contribution in [1.82, 2.24) is 15.5 Å². The molecule has 0 bridgehead atoms. The standard InChI is InChI=1S/C19H21N3O3/c1-2-18(23)19(20-11-12-24-18,25-17-9-10-21-22-17)16-8-7-14-5-3-4-6-15(14)13-16/h3-10,13,20,23H,2,11-12H2,1H3,(H,21,22). The summed E-state index contributed by atoms with van der Waals surface area (Å²) in [6, 6.07) is 15.8. The van der Waals surface area contributed by atoms with Gasteiger partial charge >= 0.3 is 0 Å². The Morgan fingerprint density at radius 2 is 2.04 bits per heavy atom. The lowest BCUT2D eigenvalue weighted by molar-refractivity contribution is -0.327. The highest BCUT2D eigenvalue weighted by Gasteiger charge is 2.56. The molecule has 0 spiro atoms. The lowest BCUT2D eigenvalue weighted by Crippen LogP contribution is -2.68. The van der Waals surface area contributed by atoms with Crippen LogP contribution in [-0.2, 0) is 10.5 Å². The molecule has 2 heterocycles. The van der Waals surface area contributed by atoms with Crippen LogP contribution in [0.1, 0.15) is 18.9 Å². The van der Waals surface area contributed by atoms with E-state index in [2.05, 4.69) is 21.6 Å². The number of H-pyrrole nitrogens is 1. The molecule has 6 nitrogen and oxygen atoms in total. The van der Waals surface area contributed by atoms with Gasteiger partial charge in [0.15, 0.2) is 0 Å². The van der Waals surface area contributed by atoms with E-state index in [1.165, 1.54) is 0 Å². The molecular formula is C19H21N3O3. The number of benzene rings is 2. The third kappa shape index (κ3) is 2.59. The molecule has 0 aliphatic carbocycles. The summed E-state index contributed by atoms with van der Waals surface area (Å²) in [5, 5.41) is 23.5. The number of ether oxygens (including phenoxy) is 2. The van der Waals surface area contributed by atoms with Crippen LogP contribution in [0.25, 0.3) is 10.8 Å². The van der Waals surface area contributed by atoms with E-state index in [0.29, 0.717) is 25.5 Å². The highest BCUT2D eigenvalue weighted by Crippen LogP contribution is 2.40. The number of morpholine rings is 1. The minimum Gasteiger partial charge on any atom is -0.446 e. The molecule has 2 atom stereocenters. The Bertz CT molecular complexity index is 867. The largest absolute Gasteiger partial charge is 0.446 e. The van der Waals surface area contributed by atoms with Gasteiger partial charge in [-0.3, -0.25) is 5.32 Å². The van der Waals surface area contributed by atoms with Gasteiger partial charge < -0.3 is 14.6 Å². The maximum atomic E-state index is 11.3. The van der Waals surface area contributed by atoms with E-state index in [-0.39, 0.29) is 0 Å². The van der Waals surface area contributed by atoms with Gasteiger partial charge in [-0.25, -0.2) is 5.10 Å². The molecule has 3 N–H and O–H groups in total. The third-order valence-electron chi connectivity index (χ3n) is 4.74. The second-order valence-corrected chi connectivity index (χ2v) is 6.18. The van der Waals surface area contributed by atoms with Crippen LogP contribution >= 0.6 is 0 Å². The molecule has 25 heavy (non-hydrogen) atoms. The van der Waals surface area contributed by atoms with E-state index in [1.807, 2.05) is 43.3 Å². The average Bonchev–Trinajstić information content (AvgIpc) is 3.16. The first kappa shape index (κ1) is 16.1. The van der Waals surface area contributed by atoms with Crippen molar-refractivity contribution in [3.63, 3.8) is 0 Å². The molecule has 1 aliphatic heterocycles. The van der Waals surface area contributed by atoms with E-state index in [0.717, 1.165) is 16.3 Å². The van der Waals surface area contributed by atoms with Gasteiger partial charge in [0.1, 0.15) is 0 Å². The number of hydrogen-bond donors (Lipinski definition) is 3. The van der Waals surface area contributed by atoms with Gasteiger partial charge in [-0.2, -0.15) is 5.10 Å². The van der Waals surface area contributed by atoms with Crippen LogP contribution in [0.2, 0.25) is 0 Å². The van der Waals surface area contributed by atoms with Gasteiger partial charge in [0.25, 0.3) is 0 Å². The van der Waals surface area contributed by atoms with E-state index >= 15 is 0 Å². The summed E-state index contributed by atoms with van der Waals surface area (Å²) in [5.74, 6) is -1.06. The Morgan fingerprint density at radius 3 is 2.80 bits per heavy atom. The van der Waals surface area contributed by atoms with E-state index in [4.69, 9.17) is 9.47 Å². The molecule has 2 aromatic carbocycles. The van der Waals surface area contributed by atoms with E-state index in [1.54, 1.807) is 12.3 Å². The molecule has 1 aromatic heterocycles. The zero-order valence-electron chi connectivity index (χ0n) is 14.0. The number of nitrogens with zero attached hydrogens (tertiary/aromatic N) is 1. The molecular weight excluding hydrogens is 318 g/mol. The normalized spacial score (nSPS) is 26.6. The highest BCUT2D eigenvalue weighted by molar-refractivity contribution is 5.83. The molecule has 2 unspecified atom stereocenters. The minimum absolute atomic E-state index is 0.362. The predicted molar refractivity (Wildman–Crippen MR) is 94.0 cm³/mol. The highest BCUT2D eigenvalue weighted by atomic mass is 16.7. The monoisotopic (exact) mass is 339 g/mol. The zero-order chi connectivity index (χ0) is 17.3. The van der Waals surface area contributed by atoms with Crippen molar-refractivity contribution in [3.8, 4) is 5.88 Å². The fraction of sp³-hybridized carbons (Fsp3) is 0.316. The zero-order valence-corrected chi connectivity index (χ0v) is 14.0. The smallest absolute Gasteiger partial charge is 0.242 e. The van der Waals surface area contributed by atoms with E-state index in [9.17, 15) is 5.11 Å². The van der Waals surface area contributed by atoms with Gasteiger partial charge in [-0.15, -0.1) is 0 Å². The van der Waals surface area contributed by atoms with Crippen LogP contribution in [0, 0.1) is 0 Å². The number of rotatable bonds is 4. The lowest BCUT2D eigenvalue weighted by Gasteiger charge is -2.49. The first-order valence-electron chi connectivity index (χ1n) is 8.46. The van der Waals surface area contributed by atoms with E-state index < -0.39 is 11.5 Å². The van der Waals surface area contributed by atoms with Crippen LogP contribution in [-0.4, -0.2) is 34.2 Å². The van der Waals surface area contributed by atoms with Gasteiger partial charge in [0, 0.05) is 24.6 Å². The van der Waals surface area contributed by atoms with Crippen LogP contribution < -0.4 is 10.1 Å². The topological polar surface area (TPSA) is 79.4 Å². The summed E-state index contributed by atoms with van der Waals surface area (Å²) < 4.78 is 12.0. The maximum absolute atomic E-state index is 11.3. The summed E-state index contributed by atoms with van der Waals surface area (Å²) >= 11 is 0. The lowest BCUT2D eigenvalue weighted by atomic mass is 9.88. The minimum atomic E-state index is -1.52. The van der Waals surface area contributed by atoms with Gasteiger partial charge in [0.2, 0.25) is 17.4 Å². The van der Waals surface area contributed by atoms with Crippen LogP contribution in [0.5, 0.6) is 5.88 Å². The molecule has 1 saturated heterocycles. The van der Waals surface area contributed by atoms with Gasteiger partial charge in [-0.05, 0) is 16.8 Å². The Kier molecular flexibility index (Phi) is 3.95. The Balaban J connectivity index is 1.89. The number of aromatic amines is 1. The number of aromatic nitrogens is 2. The van der Waals surface area contributed by atoms with Crippen molar-refractivity contribution in [2.45, 2.75) is 24.9 Å². The van der Waals surface area contributed by atoms with Crippen molar-refractivity contribution in [1.29, 1.82) is 0 Å². The number of aliphatic hydroxyl groups is 1. The van der Waals surface area contributed by atoms with Gasteiger partial charge in [0.05, 0.1) is 12.8 Å². The second kappa shape index (κ2) is 6.15. The quantitative estimate of drug-likeness (QED) is 0.681. The molecule has 4 rings (SSSR count). The predicted octanol–water partition coefficient (Wildman–Crippen LogP) is 2.51. The van der Waals surface area contributed by atoms with Crippen molar-refractivity contribution in [3.05, 3.63) is 60.3 Å². The first-order valence-corrected chi connectivity index (χ1v) is 8.46. The first-order chi connectivity index (χ1) is 12.2. The van der Waals surface area contributed by atoms with Crippen LogP contribution in [0.4, 0.5) is 0 Å². The number of hydrogen-bond acceptors (Lipinski definition) is 5. The number of fused-ring (bicyclic) bond motifs is 1. The Hall–Kier alpha value is -2.41. The summed E-state index contributed by atoms with van der Waals surface area (Å²) in [7, 11) is 0. The van der Waals surface area contributed by atoms with Crippen molar-refractivity contribution < 1.29 is 14.6 Å². The third-order valence-corrected chi connectivity index (χ3v) is 4.74. The molecule has 3 aromatic rings. The van der Waals surface area contributed by atoms with Crippen molar-refractivity contribution >= 4 is 10.8 Å². The fourth-order valence-corrected chi connectivity index (χ4v) is 3.41. The molecule has 130 valence electrons. The summed E-state index contributed by atoms with van der Waals surface area (Å²) in [5.41, 5.74) is -0.443. The number of nitrogens with one attached hydrogen (secondary N) is 2. The van der Waals surface area contributed by atoms with Crippen molar-refractivity contribution in [2.24, 2.45) is 0 Å². The summed E-state index contributed by atoms with van der Waals surface area (Å²) in [6.45, 7) is 2.84. The molecule has 0 saturated carbocycles. The molecule has 1 fully saturated rings. The maximum Gasteiger partial charge on any atom is 0.242 e. The average molecular weight is 339 g/mol. The molecule has 6 heteroatoms. The molecule has 1 aliphatic rings. The fourth-order valence-electron chi connectivity index (χ4n) is 3.41. The SMILES string of the molecule is CCC1(O)OCCNC1(Oc1ccn[nH]1)c1ccc2ccccc2c1. The second-order valence-electron chi connectivity index (χ2n) is 6.18. The Morgan fingerprint density at radius 1 is 1.20 bits per heavy atom. The Labute approximate surface area is 145 Å². The van der Waals surface area contributed by atoms with Crippen molar-refractivity contribution in [2.75, 3.05) is 13.2 Å². The van der Waals surface area contributed by atoms with Crippen LogP contribution in [0.15, 0.2) is 54.7 Å². The summed E-state index contributed by atoms with van der Waals surface area (Å²) in [4.78, 5) is 0.